The first kappa shape index (κ1) is 13.8. The van der Waals surface area contributed by atoms with E-state index in [0.717, 1.165) is 13.1 Å². The Hall–Kier alpha value is -1.62. The van der Waals surface area contributed by atoms with Crippen LogP contribution in [0.25, 0.3) is 0 Å². The Kier molecular flexibility index (Phi) is 4.74. The maximum absolute atomic E-state index is 11.4. The van der Waals surface area contributed by atoms with Gasteiger partial charge in [0.05, 0.1) is 25.0 Å². The predicted molar refractivity (Wildman–Crippen MR) is 71.4 cm³/mol. The highest BCUT2D eigenvalue weighted by molar-refractivity contribution is 5.90. The number of aryl methyl sites for hydroxylation is 1. The lowest BCUT2D eigenvalue weighted by atomic mass is 10.0. The molecule has 2 rings (SSSR count). The van der Waals surface area contributed by atoms with Gasteiger partial charge in [-0.25, -0.2) is 9.78 Å². The molecule has 1 aromatic rings. The van der Waals surface area contributed by atoms with E-state index in [4.69, 9.17) is 4.74 Å². The maximum atomic E-state index is 11.4. The van der Waals surface area contributed by atoms with Crippen LogP contribution < -0.4 is 10.1 Å². The van der Waals surface area contributed by atoms with Crippen molar-refractivity contribution in [2.45, 2.75) is 19.8 Å². The van der Waals surface area contributed by atoms with E-state index in [0.29, 0.717) is 29.7 Å². The number of ether oxygens (including phenoxy) is 2. The van der Waals surface area contributed by atoms with E-state index >= 15 is 0 Å². The number of aromatic nitrogens is 1. The van der Waals surface area contributed by atoms with Crippen LogP contribution in [0.2, 0.25) is 0 Å². The molecule has 5 heteroatoms. The van der Waals surface area contributed by atoms with E-state index in [9.17, 15) is 4.79 Å². The Morgan fingerprint density at radius 2 is 2.37 bits per heavy atom. The average molecular weight is 264 g/mol. The second-order valence-electron chi connectivity index (χ2n) is 4.80. The van der Waals surface area contributed by atoms with Crippen LogP contribution in [0.5, 0.6) is 5.88 Å². The summed E-state index contributed by atoms with van der Waals surface area (Å²) >= 11 is 0. The van der Waals surface area contributed by atoms with Crippen molar-refractivity contribution in [3.05, 3.63) is 23.4 Å². The number of pyridine rings is 1. The molecule has 1 aliphatic heterocycles. The zero-order chi connectivity index (χ0) is 13.7. The predicted octanol–water partition coefficient (Wildman–Crippen LogP) is 1.56. The van der Waals surface area contributed by atoms with Crippen molar-refractivity contribution >= 4 is 5.97 Å². The van der Waals surface area contributed by atoms with Crippen LogP contribution in [-0.2, 0) is 4.74 Å². The second kappa shape index (κ2) is 6.52. The van der Waals surface area contributed by atoms with E-state index < -0.39 is 0 Å². The Balaban J connectivity index is 1.94. The number of methoxy groups -OCH3 is 1. The van der Waals surface area contributed by atoms with Crippen molar-refractivity contribution in [3.8, 4) is 5.88 Å². The molecule has 1 aliphatic rings. The van der Waals surface area contributed by atoms with Crippen LogP contribution >= 0.6 is 0 Å². The molecule has 19 heavy (non-hydrogen) atoms. The van der Waals surface area contributed by atoms with Crippen molar-refractivity contribution in [1.29, 1.82) is 0 Å². The number of nitrogens with zero attached hydrogens (tertiary/aromatic N) is 1. The number of hydrogen-bond donors (Lipinski definition) is 1. The molecule has 0 radical (unpaired) electrons. The Morgan fingerprint density at radius 1 is 1.53 bits per heavy atom. The smallest absolute Gasteiger partial charge is 0.339 e. The van der Waals surface area contributed by atoms with Crippen LogP contribution in [0.15, 0.2) is 12.1 Å². The summed E-state index contributed by atoms with van der Waals surface area (Å²) in [5.41, 5.74) is 1.11. The number of nitrogens with one attached hydrogen (secondary N) is 1. The zero-order valence-corrected chi connectivity index (χ0v) is 11.4. The highest BCUT2D eigenvalue weighted by atomic mass is 16.5. The molecule has 2 heterocycles. The van der Waals surface area contributed by atoms with Gasteiger partial charge in [0, 0.05) is 18.5 Å². The molecule has 0 saturated carbocycles. The van der Waals surface area contributed by atoms with Gasteiger partial charge in [-0.05, 0) is 32.4 Å². The summed E-state index contributed by atoms with van der Waals surface area (Å²) in [6.45, 7) is 4.54. The summed E-state index contributed by atoms with van der Waals surface area (Å²) in [7, 11) is 1.36. The van der Waals surface area contributed by atoms with Crippen molar-refractivity contribution < 1.29 is 14.3 Å². The van der Waals surface area contributed by atoms with Gasteiger partial charge in [0.2, 0.25) is 5.88 Å². The van der Waals surface area contributed by atoms with E-state index in [1.807, 2.05) is 0 Å². The van der Waals surface area contributed by atoms with Gasteiger partial charge in [-0.15, -0.1) is 0 Å². The van der Waals surface area contributed by atoms with Crippen LogP contribution in [0, 0.1) is 12.8 Å². The molecule has 1 saturated heterocycles. The first-order chi connectivity index (χ1) is 9.20. The van der Waals surface area contributed by atoms with Gasteiger partial charge in [-0.2, -0.15) is 0 Å². The largest absolute Gasteiger partial charge is 0.477 e. The summed E-state index contributed by atoms with van der Waals surface area (Å²) in [6.07, 6.45) is 2.38. The number of carbonyl (C=O) groups excluding carboxylic acids is 1. The number of esters is 1. The lowest BCUT2D eigenvalue weighted by Gasteiger charge is -2.22. The summed E-state index contributed by atoms with van der Waals surface area (Å²) in [6, 6.07) is 3.41. The van der Waals surface area contributed by atoms with Crippen LogP contribution in [-0.4, -0.2) is 37.8 Å². The van der Waals surface area contributed by atoms with Gasteiger partial charge in [-0.3, -0.25) is 0 Å². The highest BCUT2D eigenvalue weighted by Gasteiger charge is 2.15. The van der Waals surface area contributed by atoms with Crippen LogP contribution in [0.1, 0.15) is 28.9 Å². The minimum absolute atomic E-state index is 0.368. The fourth-order valence-corrected chi connectivity index (χ4v) is 2.21. The monoisotopic (exact) mass is 264 g/mol. The Morgan fingerprint density at radius 3 is 3.00 bits per heavy atom. The average Bonchev–Trinajstić information content (AvgIpc) is 2.45. The molecule has 1 aromatic heterocycles. The van der Waals surface area contributed by atoms with E-state index in [2.05, 4.69) is 15.0 Å². The Bertz CT molecular complexity index is 442. The summed E-state index contributed by atoms with van der Waals surface area (Å²) in [4.78, 5) is 15.7. The van der Waals surface area contributed by atoms with Gasteiger partial charge >= 0.3 is 5.97 Å². The van der Waals surface area contributed by atoms with E-state index in [1.54, 1.807) is 19.1 Å². The fraction of sp³-hybridized carbons (Fsp3) is 0.571. The first-order valence-electron chi connectivity index (χ1n) is 6.60. The molecule has 0 bridgehead atoms. The van der Waals surface area contributed by atoms with Crippen molar-refractivity contribution in [3.63, 3.8) is 0 Å². The van der Waals surface area contributed by atoms with Gasteiger partial charge < -0.3 is 14.8 Å². The van der Waals surface area contributed by atoms with Crippen molar-refractivity contribution in [2.75, 3.05) is 26.8 Å². The van der Waals surface area contributed by atoms with E-state index in [1.165, 1.54) is 20.0 Å². The molecular formula is C14H20N2O3. The second-order valence-corrected chi connectivity index (χ2v) is 4.80. The SMILES string of the molecule is COC(=O)c1ccc(OCC2CCCNC2)nc1C. The molecule has 0 spiro atoms. The maximum Gasteiger partial charge on any atom is 0.339 e. The van der Waals surface area contributed by atoms with E-state index in [-0.39, 0.29) is 5.97 Å². The fourth-order valence-electron chi connectivity index (χ4n) is 2.21. The highest BCUT2D eigenvalue weighted by Crippen LogP contribution is 2.16. The molecule has 1 unspecified atom stereocenters. The van der Waals surface area contributed by atoms with Crippen molar-refractivity contribution in [1.82, 2.24) is 10.3 Å². The number of carbonyl (C=O) groups is 1. The molecule has 0 amide bonds. The van der Waals surface area contributed by atoms with Gasteiger partial charge in [0.25, 0.3) is 0 Å². The quantitative estimate of drug-likeness (QED) is 0.836. The van der Waals surface area contributed by atoms with Crippen LogP contribution in [0.3, 0.4) is 0 Å². The molecule has 1 fully saturated rings. The minimum atomic E-state index is -0.368. The van der Waals surface area contributed by atoms with Crippen molar-refractivity contribution in [2.24, 2.45) is 5.92 Å². The molecule has 0 aliphatic carbocycles. The third-order valence-corrected chi connectivity index (χ3v) is 3.33. The van der Waals surface area contributed by atoms with Crippen LogP contribution in [0.4, 0.5) is 0 Å². The molecule has 0 aromatic carbocycles. The number of piperidine rings is 1. The summed E-state index contributed by atoms with van der Waals surface area (Å²) < 4.78 is 10.4. The number of rotatable bonds is 4. The topological polar surface area (TPSA) is 60.5 Å². The summed E-state index contributed by atoms with van der Waals surface area (Å²) in [5.74, 6) is 0.736. The lowest BCUT2D eigenvalue weighted by molar-refractivity contribution is 0.0599. The standard InChI is InChI=1S/C14H20N2O3/c1-10-12(14(17)18-2)5-6-13(16-10)19-9-11-4-3-7-15-8-11/h5-6,11,15H,3-4,7-9H2,1-2H3. The normalized spacial score (nSPS) is 18.9. The summed E-state index contributed by atoms with van der Waals surface area (Å²) in [5, 5.41) is 3.35. The van der Waals surface area contributed by atoms with Gasteiger partial charge in [-0.1, -0.05) is 0 Å². The lowest BCUT2D eigenvalue weighted by Crippen LogP contribution is -2.33. The zero-order valence-electron chi connectivity index (χ0n) is 11.4. The molecular weight excluding hydrogens is 244 g/mol. The van der Waals surface area contributed by atoms with Gasteiger partial charge in [0.15, 0.2) is 0 Å². The number of hydrogen-bond acceptors (Lipinski definition) is 5. The molecule has 104 valence electrons. The molecule has 1 N–H and O–H groups in total. The molecule has 1 atom stereocenters. The third kappa shape index (κ3) is 3.67. The molecule has 5 nitrogen and oxygen atoms in total. The Labute approximate surface area is 113 Å². The minimum Gasteiger partial charge on any atom is -0.477 e. The van der Waals surface area contributed by atoms with Gasteiger partial charge in [0.1, 0.15) is 0 Å². The first-order valence-corrected chi connectivity index (χ1v) is 6.60. The third-order valence-electron chi connectivity index (χ3n) is 3.33.